The van der Waals surface area contributed by atoms with Crippen molar-refractivity contribution in [3.63, 3.8) is 0 Å². The van der Waals surface area contributed by atoms with Gasteiger partial charge in [0.2, 0.25) is 0 Å². The molecule has 0 spiro atoms. The zero-order valence-corrected chi connectivity index (χ0v) is 34.2. The van der Waals surface area contributed by atoms with E-state index < -0.39 is 16.6 Å². The van der Waals surface area contributed by atoms with Gasteiger partial charge in [-0.1, -0.05) is 103 Å². The van der Waals surface area contributed by atoms with Gasteiger partial charge in [0, 0.05) is 22.3 Å². The molecule has 0 fully saturated rings. The van der Waals surface area contributed by atoms with Gasteiger partial charge in [0.1, 0.15) is 11.5 Å². The lowest BCUT2D eigenvalue weighted by Gasteiger charge is -2.42. The lowest BCUT2D eigenvalue weighted by molar-refractivity contribution is 0.393. The zero-order chi connectivity index (χ0) is 36.5. The second kappa shape index (κ2) is 14.2. The summed E-state index contributed by atoms with van der Waals surface area (Å²) in [5.41, 5.74) is 3.94. The van der Waals surface area contributed by atoms with Crippen LogP contribution in [0.15, 0.2) is 97.1 Å². The second-order valence-corrected chi connectivity index (χ2v) is 25.5. The standard InChI is InChI=1S/C46H54O2Si2/c1-33(2)45(5,6)49(9,10)47-41-27-21-35(22-28-41)19-25-37-15-13-17-39-31-40-18-14-16-38(44(40)32-43(37)39)26-20-36-23-29-42(30-24-36)48-50(11,12)46(7,8)34(3)4/h13-18,21-24,27-34H,1-12H3. The van der Waals surface area contributed by atoms with Crippen LogP contribution >= 0.6 is 0 Å². The van der Waals surface area contributed by atoms with E-state index in [-0.39, 0.29) is 10.1 Å². The van der Waals surface area contributed by atoms with Crippen molar-refractivity contribution >= 4 is 38.2 Å². The monoisotopic (exact) mass is 694 g/mol. The Bertz CT molecular complexity index is 1960. The lowest BCUT2D eigenvalue weighted by Crippen LogP contribution is -2.47. The Morgan fingerprint density at radius 3 is 1.18 bits per heavy atom. The summed E-state index contributed by atoms with van der Waals surface area (Å²) < 4.78 is 13.2. The average Bonchev–Trinajstić information content (AvgIpc) is 3.06. The third-order valence-corrected chi connectivity index (χ3v) is 20.9. The quantitative estimate of drug-likeness (QED) is 0.0914. The van der Waals surface area contributed by atoms with Gasteiger partial charge >= 0.3 is 0 Å². The van der Waals surface area contributed by atoms with E-state index in [4.69, 9.17) is 8.85 Å². The minimum atomic E-state index is -1.98. The first-order chi connectivity index (χ1) is 23.4. The highest BCUT2D eigenvalue weighted by Gasteiger charge is 2.45. The largest absolute Gasteiger partial charge is 0.543 e. The van der Waals surface area contributed by atoms with Gasteiger partial charge in [0.15, 0.2) is 0 Å². The molecular formula is C46H54O2Si2. The fourth-order valence-corrected chi connectivity index (χ4v) is 10.8. The Morgan fingerprint density at radius 2 is 0.840 bits per heavy atom. The SMILES string of the molecule is CC(C)C(C)(C)[Si](C)(C)Oc1ccc(C#Cc2cccc3cc4cccc(C#Cc5ccc(O[Si](C)(C)C(C)(C)C(C)C)cc5)c4cc23)cc1. The molecule has 0 saturated carbocycles. The molecule has 50 heavy (non-hydrogen) atoms. The van der Waals surface area contributed by atoms with Gasteiger partial charge in [-0.15, -0.1) is 0 Å². The summed E-state index contributed by atoms with van der Waals surface area (Å²) in [6.07, 6.45) is 0. The molecular weight excluding hydrogens is 641 g/mol. The average molecular weight is 695 g/mol. The van der Waals surface area contributed by atoms with E-state index in [0.717, 1.165) is 44.5 Å². The Balaban J connectivity index is 1.39. The highest BCUT2D eigenvalue weighted by atomic mass is 28.4. The second-order valence-electron chi connectivity index (χ2n) is 16.4. The molecule has 5 aromatic carbocycles. The van der Waals surface area contributed by atoms with Crippen molar-refractivity contribution in [2.75, 3.05) is 0 Å². The van der Waals surface area contributed by atoms with Gasteiger partial charge in [-0.25, -0.2) is 0 Å². The van der Waals surface area contributed by atoms with E-state index in [2.05, 4.69) is 202 Å². The van der Waals surface area contributed by atoms with E-state index in [0.29, 0.717) is 11.8 Å². The molecule has 5 rings (SSSR count). The molecule has 0 aromatic heterocycles. The Hall–Kier alpha value is -4.23. The predicted molar refractivity (Wildman–Crippen MR) is 220 cm³/mol. The molecule has 0 amide bonds. The highest BCUT2D eigenvalue weighted by Crippen LogP contribution is 2.46. The van der Waals surface area contributed by atoms with E-state index in [1.807, 2.05) is 0 Å². The first-order valence-corrected chi connectivity index (χ1v) is 23.8. The molecule has 5 aromatic rings. The predicted octanol–water partition coefficient (Wildman–Crippen LogP) is 12.8. The first-order valence-electron chi connectivity index (χ1n) is 18.0. The Labute approximate surface area is 303 Å². The summed E-state index contributed by atoms with van der Waals surface area (Å²) in [7, 11) is -3.95. The van der Waals surface area contributed by atoms with Crippen molar-refractivity contribution in [2.24, 2.45) is 11.8 Å². The van der Waals surface area contributed by atoms with Crippen LogP contribution in [0.5, 0.6) is 11.5 Å². The van der Waals surface area contributed by atoms with E-state index >= 15 is 0 Å². The van der Waals surface area contributed by atoms with Gasteiger partial charge in [-0.2, -0.15) is 0 Å². The van der Waals surface area contributed by atoms with E-state index in [1.54, 1.807) is 0 Å². The third-order valence-electron chi connectivity index (χ3n) is 12.0. The van der Waals surface area contributed by atoms with Crippen molar-refractivity contribution in [1.82, 2.24) is 0 Å². The molecule has 2 nitrogen and oxygen atoms in total. The smallest absolute Gasteiger partial charge is 0.251 e. The van der Waals surface area contributed by atoms with Crippen LogP contribution < -0.4 is 8.85 Å². The molecule has 0 saturated heterocycles. The minimum Gasteiger partial charge on any atom is -0.543 e. The fraction of sp³-hybridized carbons (Fsp3) is 0.348. The minimum absolute atomic E-state index is 0.153. The fourth-order valence-electron chi connectivity index (χ4n) is 6.00. The summed E-state index contributed by atoms with van der Waals surface area (Å²) in [4.78, 5) is 0. The summed E-state index contributed by atoms with van der Waals surface area (Å²) in [5.74, 6) is 16.7. The van der Waals surface area contributed by atoms with Crippen molar-refractivity contribution in [1.29, 1.82) is 0 Å². The van der Waals surface area contributed by atoms with Crippen LogP contribution in [0.3, 0.4) is 0 Å². The molecule has 0 bridgehead atoms. The third kappa shape index (κ3) is 7.73. The molecule has 4 heteroatoms. The normalized spacial score (nSPS) is 12.4. The summed E-state index contributed by atoms with van der Waals surface area (Å²) in [6.45, 7) is 27.7. The van der Waals surface area contributed by atoms with Crippen LogP contribution in [0.2, 0.25) is 36.3 Å². The van der Waals surface area contributed by atoms with Crippen molar-refractivity contribution in [3.8, 4) is 35.2 Å². The van der Waals surface area contributed by atoms with Crippen LogP contribution in [0.4, 0.5) is 0 Å². The maximum atomic E-state index is 6.62. The maximum Gasteiger partial charge on any atom is 0.251 e. The van der Waals surface area contributed by atoms with Gasteiger partial charge < -0.3 is 8.85 Å². The summed E-state index contributed by atoms with van der Waals surface area (Å²) in [6, 6.07) is 33.7. The molecule has 0 aliphatic rings. The molecule has 0 atom stereocenters. The van der Waals surface area contributed by atoms with Crippen LogP contribution in [0.25, 0.3) is 21.5 Å². The van der Waals surface area contributed by atoms with Gasteiger partial charge in [-0.05, 0) is 142 Å². The molecule has 0 N–H and O–H groups in total. The van der Waals surface area contributed by atoms with Crippen LogP contribution in [0, 0.1) is 35.5 Å². The molecule has 0 aliphatic heterocycles. The molecule has 0 heterocycles. The van der Waals surface area contributed by atoms with Crippen molar-refractivity contribution in [2.45, 2.75) is 91.7 Å². The van der Waals surface area contributed by atoms with Gasteiger partial charge in [-0.3, -0.25) is 0 Å². The van der Waals surface area contributed by atoms with Gasteiger partial charge in [0.05, 0.1) is 0 Å². The molecule has 0 aliphatic carbocycles. The van der Waals surface area contributed by atoms with Crippen LogP contribution in [0.1, 0.15) is 77.6 Å². The highest BCUT2D eigenvalue weighted by molar-refractivity contribution is 6.75. The number of hydrogen-bond acceptors (Lipinski definition) is 2. The zero-order valence-electron chi connectivity index (χ0n) is 32.2. The molecule has 0 radical (unpaired) electrons. The number of rotatable bonds is 8. The van der Waals surface area contributed by atoms with E-state index in [9.17, 15) is 0 Å². The van der Waals surface area contributed by atoms with Crippen molar-refractivity contribution in [3.05, 3.63) is 119 Å². The first kappa shape index (κ1) is 37.0. The van der Waals surface area contributed by atoms with Gasteiger partial charge in [0.25, 0.3) is 16.6 Å². The van der Waals surface area contributed by atoms with Crippen LogP contribution in [-0.4, -0.2) is 16.6 Å². The summed E-state index contributed by atoms with van der Waals surface area (Å²) >= 11 is 0. The molecule has 258 valence electrons. The molecule has 0 unspecified atom stereocenters. The summed E-state index contributed by atoms with van der Waals surface area (Å²) in [5, 5.41) is 4.90. The topological polar surface area (TPSA) is 18.5 Å². The van der Waals surface area contributed by atoms with E-state index in [1.165, 1.54) is 10.8 Å². The number of hydrogen-bond donors (Lipinski definition) is 0. The lowest BCUT2D eigenvalue weighted by atomic mass is 9.97. The Morgan fingerprint density at radius 1 is 0.480 bits per heavy atom. The number of fused-ring (bicyclic) bond motifs is 2. The van der Waals surface area contributed by atoms with Crippen molar-refractivity contribution < 1.29 is 8.85 Å². The Kier molecular flexibility index (Phi) is 10.5. The number of benzene rings is 5. The maximum absolute atomic E-state index is 6.62. The van der Waals surface area contributed by atoms with Crippen LogP contribution in [-0.2, 0) is 0 Å².